The molecule has 0 fully saturated rings. The molecule has 0 radical (unpaired) electrons. The number of ether oxygens (including phenoxy) is 2. The summed E-state index contributed by atoms with van der Waals surface area (Å²) in [4.78, 5) is 12.8. The van der Waals surface area contributed by atoms with Crippen LogP contribution in [0.2, 0.25) is 0 Å². The summed E-state index contributed by atoms with van der Waals surface area (Å²) in [5, 5.41) is 7.63. The zero-order valence-corrected chi connectivity index (χ0v) is 22.0. The second kappa shape index (κ2) is 11.6. The van der Waals surface area contributed by atoms with E-state index in [4.69, 9.17) is 9.47 Å². The molecule has 0 aliphatic carbocycles. The van der Waals surface area contributed by atoms with Gasteiger partial charge < -0.3 is 14.8 Å². The van der Waals surface area contributed by atoms with Crippen LogP contribution in [0, 0.1) is 27.7 Å². The summed E-state index contributed by atoms with van der Waals surface area (Å²) in [6.07, 6.45) is 3.32. The van der Waals surface area contributed by atoms with Gasteiger partial charge in [-0.1, -0.05) is 48.0 Å². The van der Waals surface area contributed by atoms with E-state index in [1.54, 1.807) is 13.2 Å². The van der Waals surface area contributed by atoms with E-state index >= 15 is 0 Å². The smallest absolute Gasteiger partial charge is 0.248 e. The van der Waals surface area contributed by atoms with Crippen LogP contribution in [0.25, 0.3) is 6.08 Å². The molecule has 6 nitrogen and oxygen atoms in total. The Bertz CT molecular complexity index is 1440. The number of benzene rings is 3. The summed E-state index contributed by atoms with van der Waals surface area (Å²) < 4.78 is 13.4. The molecule has 4 rings (SSSR count). The summed E-state index contributed by atoms with van der Waals surface area (Å²) in [7, 11) is 1.64. The first-order valence-electron chi connectivity index (χ1n) is 12.3. The van der Waals surface area contributed by atoms with Gasteiger partial charge >= 0.3 is 0 Å². The number of carbonyl (C=O) groups is 1. The molecule has 190 valence electrons. The topological polar surface area (TPSA) is 65.4 Å². The lowest BCUT2D eigenvalue weighted by molar-refractivity contribution is -0.111. The van der Waals surface area contributed by atoms with Gasteiger partial charge in [0, 0.05) is 11.6 Å². The third-order valence-corrected chi connectivity index (χ3v) is 6.16. The predicted molar refractivity (Wildman–Crippen MR) is 148 cm³/mol. The van der Waals surface area contributed by atoms with Crippen LogP contribution in [0.15, 0.2) is 72.8 Å². The van der Waals surface area contributed by atoms with Gasteiger partial charge in [0.25, 0.3) is 0 Å². The lowest BCUT2D eigenvalue weighted by atomic mass is 10.1. The molecule has 0 unspecified atom stereocenters. The van der Waals surface area contributed by atoms with E-state index < -0.39 is 0 Å². The molecule has 1 heterocycles. The Balaban J connectivity index is 1.43. The molecule has 0 atom stereocenters. The van der Waals surface area contributed by atoms with E-state index in [1.165, 1.54) is 17.2 Å². The highest BCUT2D eigenvalue weighted by Gasteiger charge is 2.14. The van der Waals surface area contributed by atoms with Crippen molar-refractivity contribution in [3.8, 4) is 11.5 Å². The number of aromatic nitrogens is 2. The fraction of sp³-hybridized carbons (Fsp3) is 0.226. The molecular formula is C31H33N3O3. The van der Waals surface area contributed by atoms with Crippen molar-refractivity contribution in [3.63, 3.8) is 0 Å². The first-order valence-corrected chi connectivity index (χ1v) is 12.3. The number of amides is 1. The number of methoxy groups -OCH3 is 1. The maximum absolute atomic E-state index is 12.8. The van der Waals surface area contributed by atoms with Crippen molar-refractivity contribution in [1.29, 1.82) is 0 Å². The number of hydrogen-bond acceptors (Lipinski definition) is 4. The van der Waals surface area contributed by atoms with Gasteiger partial charge in [-0.05, 0) is 74.7 Å². The van der Waals surface area contributed by atoms with E-state index in [0.29, 0.717) is 13.2 Å². The summed E-state index contributed by atoms with van der Waals surface area (Å²) in [5.74, 6) is 1.33. The van der Waals surface area contributed by atoms with Crippen LogP contribution >= 0.6 is 0 Å². The summed E-state index contributed by atoms with van der Waals surface area (Å²) >= 11 is 0. The minimum Gasteiger partial charge on any atom is -0.496 e. The van der Waals surface area contributed by atoms with E-state index in [9.17, 15) is 4.79 Å². The van der Waals surface area contributed by atoms with Crippen LogP contribution in [-0.2, 0) is 17.9 Å². The van der Waals surface area contributed by atoms with Crippen molar-refractivity contribution in [3.05, 3.63) is 112 Å². The molecule has 4 aromatic rings. The Labute approximate surface area is 218 Å². The molecule has 1 N–H and O–H groups in total. The van der Waals surface area contributed by atoms with Gasteiger partial charge in [-0.2, -0.15) is 5.10 Å². The van der Waals surface area contributed by atoms with Gasteiger partial charge in [0.15, 0.2) is 0 Å². The highest BCUT2D eigenvalue weighted by atomic mass is 16.5. The second-order valence-electron chi connectivity index (χ2n) is 9.19. The van der Waals surface area contributed by atoms with Gasteiger partial charge in [-0.3, -0.25) is 9.48 Å². The van der Waals surface area contributed by atoms with Crippen molar-refractivity contribution >= 4 is 17.7 Å². The molecular weight excluding hydrogens is 462 g/mol. The number of nitrogens with zero attached hydrogens (tertiary/aromatic N) is 2. The lowest BCUT2D eigenvalue weighted by Gasteiger charge is -2.11. The molecule has 3 aromatic carbocycles. The third-order valence-electron chi connectivity index (χ3n) is 6.16. The van der Waals surface area contributed by atoms with Crippen molar-refractivity contribution in [2.45, 2.75) is 40.8 Å². The highest BCUT2D eigenvalue weighted by molar-refractivity contribution is 6.02. The van der Waals surface area contributed by atoms with Gasteiger partial charge in [0.05, 0.1) is 30.7 Å². The van der Waals surface area contributed by atoms with Crippen molar-refractivity contribution in [1.82, 2.24) is 9.78 Å². The van der Waals surface area contributed by atoms with Crippen LogP contribution in [-0.4, -0.2) is 22.8 Å². The Morgan fingerprint density at radius 3 is 2.46 bits per heavy atom. The maximum atomic E-state index is 12.8. The fourth-order valence-corrected chi connectivity index (χ4v) is 4.23. The van der Waals surface area contributed by atoms with Crippen molar-refractivity contribution in [2.24, 2.45) is 0 Å². The number of hydrogen-bond donors (Lipinski definition) is 1. The van der Waals surface area contributed by atoms with Crippen molar-refractivity contribution < 1.29 is 14.3 Å². The number of nitrogens with one attached hydrogen (secondary N) is 1. The van der Waals surface area contributed by atoms with Gasteiger partial charge in [-0.25, -0.2) is 0 Å². The minimum atomic E-state index is -0.213. The average molecular weight is 496 g/mol. The Morgan fingerprint density at radius 1 is 0.973 bits per heavy atom. The van der Waals surface area contributed by atoms with Crippen LogP contribution < -0.4 is 14.8 Å². The molecule has 1 aromatic heterocycles. The van der Waals surface area contributed by atoms with Crippen LogP contribution in [0.5, 0.6) is 11.5 Å². The number of anilines is 1. The van der Waals surface area contributed by atoms with Crippen LogP contribution in [0.4, 0.5) is 5.69 Å². The Morgan fingerprint density at radius 2 is 1.73 bits per heavy atom. The highest BCUT2D eigenvalue weighted by Crippen LogP contribution is 2.24. The number of aryl methyl sites for hydroxylation is 3. The summed E-state index contributed by atoms with van der Waals surface area (Å²) in [6.45, 7) is 8.99. The van der Waals surface area contributed by atoms with E-state index in [2.05, 4.69) is 35.5 Å². The van der Waals surface area contributed by atoms with E-state index in [0.717, 1.165) is 45.3 Å². The first-order chi connectivity index (χ1) is 17.8. The number of carbonyl (C=O) groups excluding carboxylic acids is 1. The monoisotopic (exact) mass is 495 g/mol. The standard InChI is InChI=1S/C31H33N3O3/c1-21-8-6-10-26(16-21)19-34-24(4)31(23(3)33-34)32-30(35)15-13-25-12-14-29(36-5)27(18-25)20-37-28-11-7-9-22(2)17-28/h6-18H,19-20H2,1-5H3,(H,32,35)/b15-13+. The van der Waals surface area contributed by atoms with Crippen LogP contribution in [0.1, 0.15) is 39.2 Å². The quantitative estimate of drug-likeness (QED) is 0.273. The fourth-order valence-electron chi connectivity index (χ4n) is 4.23. The van der Waals surface area contributed by atoms with E-state index in [1.807, 2.05) is 74.0 Å². The number of rotatable bonds is 9. The minimum absolute atomic E-state index is 0.213. The van der Waals surface area contributed by atoms with Gasteiger partial charge in [0.2, 0.25) is 5.91 Å². The summed E-state index contributed by atoms with van der Waals surface area (Å²) in [5.41, 5.74) is 7.74. The summed E-state index contributed by atoms with van der Waals surface area (Å²) in [6, 6.07) is 22.0. The predicted octanol–water partition coefficient (Wildman–Crippen LogP) is 6.40. The molecule has 0 bridgehead atoms. The molecule has 0 saturated carbocycles. The van der Waals surface area contributed by atoms with E-state index in [-0.39, 0.29) is 5.91 Å². The largest absolute Gasteiger partial charge is 0.496 e. The molecule has 6 heteroatoms. The van der Waals surface area contributed by atoms with Gasteiger partial charge in [0.1, 0.15) is 18.1 Å². The van der Waals surface area contributed by atoms with Gasteiger partial charge in [-0.15, -0.1) is 0 Å². The SMILES string of the molecule is COc1ccc(/C=C/C(=O)Nc2c(C)nn(Cc3cccc(C)c3)c2C)cc1COc1cccc(C)c1. The normalized spacial score (nSPS) is 11.1. The molecule has 0 aliphatic heterocycles. The zero-order chi connectivity index (χ0) is 26.4. The zero-order valence-electron chi connectivity index (χ0n) is 22.0. The molecule has 37 heavy (non-hydrogen) atoms. The Hall–Kier alpha value is -4.32. The molecule has 1 amide bonds. The average Bonchev–Trinajstić information content (AvgIpc) is 3.13. The third kappa shape index (κ3) is 6.67. The lowest BCUT2D eigenvalue weighted by Crippen LogP contribution is -2.10. The Kier molecular flexibility index (Phi) is 8.08. The molecule has 0 aliphatic rings. The van der Waals surface area contributed by atoms with Crippen molar-refractivity contribution in [2.75, 3.05) is 12.4 Å². The van der Waals surface area contributed by atoms with Crippen LogP contribution in [0.3, 0.4) is 0 Å². The second-order valence-corrected chi connectivity index (χ2v) is 9.19. The first kappa shape index (κ1) is 25.8. The maximum Gasteiger partial charge on any atom is 0.248 e. The molecule has 0 spiro atoms. The molecule has 0 saturated heterocycles.